The highest BCUT2D eigenvalue weighted by atomic mass is 16.1. The van der Waals surface area contributed by atoms with Crippen LogP contribution >= 0.6 is 0 Å². The number of carbonyl (C=O) groups is 1. The number of carbonyl (C=O) groups excluding carboxylic acids is 1. The molecule has 0 aliphatic heterocycles. The Balaban J connectivity index is 1.80. The number of aryl methyl sites for hydroxylation is 1. The van der Waals surface area contributed by atoms with Gasteiger partial charge < -0.3 is 10.6 Å². The lowest BCUT2D eigenvalue weighted by molar-refractivity contribution is -0.121. The van der Waals surface area contributed by atoms with E-state index < -0.39 is 0 Å². The van der Waals surface area contributed by atoms with Crippen molar-refractivity contribution in [1.29, 1.82) is 0 Å². The van der Waals surface area contributed by atoms with Gasteiger partial charge in [0.2, 0.25) is 5.91 Å². The highest BCUT2D eigenvalue weighted by Gasteiger charge is 2.09. The van der Waals surface area contributed by atoms with Crippen LogP contribution < -0.4 is 10.6 Å². The smallest absolute Gasteiger partial charge is 0.222 e. The lowest BCUT2D eigenvalue weighted by Crippen LogP contribution is -2.28. The summed E-state index contributed by atoms with van der Waals surface area (Å²) in [5, 5.41) is 6.37. The number of amides is 1. The van der Waals surface area contributed by atoms with E-state index in [2.05, 4.69) is 30.5 Å². The molecule has 1 amide bonds. The van der Waals surface area contributed by atoms with Gasteiger partial charge in [0.15, 0.2) is 0 Å². The van der Waals surface area contributed by atoms with Crippen molar-refractivity contribution in [3.8, 4) is 0 Å². The maximum absolute atomic E-state index is 12.0. The molecule has 3 heteroatoms. The van der Waals surface area contributed by atoms with E-state index in [-0.39, 0.29) is 11.9 Å². The molecule has 22 heavy (non-hydrogen) atoms. The second-order valence-corrected chi connectivity index (χ2v) is 5.62. The average Bonchev–Trinajstić information content (AvgIpc) is 2.52. The van der Waals surface area contributed by atoms with Crippen LogP contribution in [0, 0.1) is 13.8 Å². The molecule has 0 aliphatic rings. The molecule has 0 spiro atoms. The largest absolute Gasteiger partial charge is 0.384 e. The molecule has 2 aromatic carbocycles. The molecule has 0 bridgehead atoms. The summed E-state index contributed by atoms with van der Waals surface area (Å²) in [6.07, 6.45) is 0.463. The Morgan fingerprint density at radius 2 is 1.77 bits per heavy atom. The average molecular weight is 296 g/mol. The number of rotatable bonds is 6. The molecule has 116 valence electrons. The van der Waals surface area contributed by atoms with E-state index >= 15 is 0 Å². The van der Waals surface area contributed by atoms with Crippen molar-refractivity contribution in [3.05, 3.63) is 65.2 Å². The van der Waals surface area contributed by atoms with Crippen LogP contribution in [0.25, 0.3) is 0 Å². The lowest BCUT2D eigenvalue weighted by Gasteiger charge is -2.15. The summed E-state index contributed by atoms with van der Waals surface area (Å²) in [7, 11) is 0. The zero-order chi connectivity index (χ0) is 15.9. The molecule has 0 saturated carbocycles. The predicted octanol–water partition coefficient (Wildman–Crippen LogP) is 3.98. The zero-order valence-electron chi connectivity index (χ0n) is 13.5. The number of nitrogens with one attached hydrogen (secondary N) is 2. The predicted molar refractivity (Wildman–Crippen MR) is 92.0 cm³/mol. The number of hydrogen-bond acceptors (Lipinski definition) is 2. The fraction of sp³-hybridized carbons (Fsp3) is 0.316. The Labute approximate surface area is 132 Å². The van der Waals surface area contributed by atoms with Crippen molar-refractivity contribution < 1.29 is 4.79 Å². The van der Waals surface area contributed by atoms with Gasteiger partial charge in [0, 0.05) is 18.7 Å². The van der Waals surface area contributed by atoms with Gasteiger partial charge in [-0.25, -0.2) is 0 Å². The number of benzene rings is 2. The Kier molecular flexibility index (Phi) is 5.59. The summed E-state index contributed by atoms with van der Waals surface area (Å²) < 4.78 is 0. The van der Waals surface area contributed by atoms with E-state index in [1.165, 1.54) is 11.1 Å². The summed E-state index contributed by atoms with van der Waals surface area (Å²) in [6, 6.07) is 16.2. The van der Waals surface area contributed by atoms with Crippen molar-refractivity contribution >= 4 is 11.6 Å². The van der Waals surface area contributed by atoms with Gasteiger partial charge in [-0.3, -0.25) is 4.79 Å². The quantitative estimate of drug-likeness (QED) is 0.846. The number of hydrogen-bond donors (Lipinski definition) is 2. The molecule has 2 rings (SSSR count). The third-order valence-corrected chi connectivity index (χ3v) is 3.95. The molecule has 0 aromatic heterocycles. The minimum Gasteiger partial charge on any atom is -0.384 e. The molecular formula is C19H24N2O. The highest BCUT2D eigenvalue weighted by Crippen LogP contribution is 2.17. The maximum atomic E-state index is 12.0. The van der Waals surface area contributed by atoms with Gasteiger partial charge >= 0.3 is 0 Å². The third-order valence-electron chi connectivity index (χ3n) is 3.95. The topological polar surface area (TPSA) is 41.1 Å². The van der Waals surface area contributed by atoms with Gasteiger partial charge in [0.25, 0.3) is 0 Å². The van der Waals surface area contributed by atoms with Gasteiger partial charge in [0.05, 0.1) is 6.04 Å². The van der Waals surface area contributed by atoms with E-state index in [1.807, 2.05) is 49.4 Å². The van der Waals surface area contributed by atoms with Crippen molar-refractivity contribution in [2.24, 2.45) is 0 Å². The lowest BCUT2D eigenvalue weighted by atomic mass is 10.1. The molecule has 1 unspecified atom stereocenters. The second-order valence-electron chi connectivity index (χ2n) is 5.62. The monoisotopic (exact) mass is 296 g/mol. The molecule has 2 N–H and O–H groups in total. The molecule has 0 radical (unpaired) electrons. The van der Waals surface area contributed by atoms with Crippen molar-refractivity contribution in [3.63, 3.8) is 0 Å². The summed E-state index contributed by atoms with van der Waals surface area (Å²) >= 11 is 0. The Hall–Kier alpha value is -2.29. The van der Waals surface area contributed by atoms with Crippen LogP contribution in [0.2, 0.25) is 0 Å². The van der Waals surface area contributed by atoms with E-state index in [0.29, 0.717) is 13.0 Å². The van der Waals surface area contributed by atoms with Crippen LogP contribution in [0.1, 0.15) is 36.1 Å². The Morgan fingerprint density at radius 3 is 2.50 bits per heavy atom. The first-order valence-corrected chi connectivity index (χ1v) is 7.72. The molecule has 2 aromatic rings. The van der Waals surface area contributed by atoms with Crippen molar-refractivity contribution in [2.45, 2.75) is 33.2 Å². The Morgan fingerprint density at radius 1 is 1.05 bits per heavy atom. The van der Waals surface area contributed by atoms with Crippen molar-refractivity contribution in [1.82, 2.24) is 5.32 Å². The summed E-state index contributed by atoms with van der Waals surface area (Å²) in [6.45, 7) is 6.83. The maximum Gasteiger partial charge on any atom is 0.222 e. The molecule has 1 atom stereocenters. The van der Waals surface area contributed by atoms with Crippen LogP contribution in [-0.4, -0.2) is 12.5 Å². The van der Waals surface area contributed by atoms with Crippen LogP contribution in [0.4, 0.5) is 5.69 Å². The zero-order valence-corrected chi connectivity index (χ0v) is 13.5. The first-order valence-electron chi connectivity index (χ1n) is 7.72. The van der Waals surface area contributed by atoms with Gasteiger partial charge in [0.1, 0.15) is 0 Å². The van der Waals surface area contributed by atoms with Crippen LogP contribution in [0.15, 0.2) is 48.5 Å². The molecule has 0 saturated heterocycles. The second kappa shape index (κ2) is 7.64. The van der Waals surface area contributed by atoms with Gasteiger partial charge in [-0.05, 0) is 43.5 Å². The first-order chi connectivity index (χ1) is 10.6. The molecule has 3 nitrogen and oxygen atoms in total. The molecular weight excluding hydrogens is 272 g/mol. The fourth-order valence-corrected chi connectivity index (χ4v) is 2.39. The standard InChI is InChI=1S/C19H24N2O/c1-14-8-7-11-18(15(14)2)20-13-12-19(22)21-16(3)17-9-5-4-6-10-17/h4-11,16,20H,12-13H2,1-3H3,(H,21,22). The SMILES string of the molecule is Cc1cccc(NCCC(=O)NC(C)c2ccccc2)c1C. The minimum absolute atomic E-state index is 0.0365. The van der Waals surface area contributed by atoms with Gasteiger partial charge in [-0.15, -0.1) is 0 Å². The summed E-state index contributed by atoms with van der Waals surface area (Å²) in [4.78, 5) is 12.0. The molecule has 0 aliphatic carbocycles. The fourth-order valence-electron chi connectivity index (χ4n) is 2.39. The van der Waals surface area contributed by atoms with Gasteiger partial charge in [-0.1, -0.05) is 42.5 Å². The van der Waals surface area contributed by atoms with Crippen LogP contribution in [-0.2, 0) is 4.79 Å². The summed E-state index contributed by atoms with van der Waals surface area (Å²) in [5.74, 6) is 0.0640. The minimum atomic E-state index is 0.0365. The Bertz CT molecular complexity index is 623. The van der Waals surface area contributed by atoms with Crippen molar-refractivity contribution in [2.75, 3.05) is 11.9 Å². The summed E-state index contributed by atoms with van der Waals surface area (Å²) in [5.41, 5.74) is 4.72. The van der Waals surface area contributed by atoms with E-state index in [0.717, 1.165) is 11.3 Å². The van der Waals surface area contributed by atoms with Gasteiger partial charge in [-0.2, -0.15) is 0 Å². The van der Waals surface area contributed by atoms with E-state index in [1.54, 1.807) is 0 Å². The van der Waals surface area contributed by atoms with Crippen LogP contribution in [0.3, 0.4) is 0 Å². The highest BCUT2D eigenvalue weighted by molar-refractivity contribution is 5.77. The third kappa shape index (κ3) is 4.35. The van der Waals surface area contributed by atoms with E-state index in [4.69, 9.17) is 0 Å². The van der Waals surface area contributed by atoms with Crippen LogP contribution in [0.5, 0.6) is 0 Å². The molecule has 0 fully saturated rings. The van der Waals surface area contributed by atoms with E-state index in [9.17, 15) is 4.79 Å². The molecule has 0 heterocycles. The number of anilines is 1. The normalized spacial score (nSPS) is 11.8. The first kappa shape index (κ1) is 16.1.